The largest absolute Gasteiger partial charge is 0.393 e. The number of aliphatic hydroxyl groups excluding tert-OH is 1. The van der Waals surface area contributed by atoms with Crippen LogP contribution in [0.25, 0.3) is 0 Å². The summed E-state index contributed by atoms with van der Waals surface area (Å²) in [7, 11) is 0. The standard InChI is InChI=1S/C18H38O.ClH.H3N/c1-3-5-6-7-8-9-10-11-12-13-14-15-16-17-18(19)4-2;;/h18-19H,3-17H2,1-2H3;1H;1H3. The van der Waals surface area contributed by atoms with Crippen molar-refractivity contribution in [2.24, 2.45) is 0 Å². The van der Waals surface area contributed by atoms with E-state index in [0.29, 0.717) is 0 Å². The minimum Gasteiger partial charge on any atom is -0.393 e. The van der Waals surface area contributed by atoms with Crippen molar-refractivity contribution in [1.82, 2.24) is 6.15 Å². The van der Waals surface area contributed by atoms with Gasteiger partial charge in [0, 0.05) is 0 Å². The molecule has 0 aromatic carbocycles. The molecule has 0 rings (SSSR count). The molecule has 1 unspecified atom stereocenters. The highest BCUT2D eigenvalue weighted by atomic mass is 35.5. The second-order valence-electron chi connectivity index (χ2n) is 6.09. The van der Waals surface area contributed by atoms with Gasteiger partial charge in [0.2, 0.25) is 0 Å². The van der Waals surface area contributed by atoms with Gasteiger partial charge in [-0.15, -0.1) is 12.4 Å². The van der Waals surface area contributed by atoms with Crippen LogP contribution in [0.2, 0.25) is 0 Å². The van der Waals surface area contributed by atoms with Gasteiger partial charge in [-0.05, 0) is 12.8 Å². The molecule has 0 radical (unpaired) electrons. The van der Waals surface area contributed by atoms with Gasteiger partial charge in [-0.3, -0.25) is 0 Å². The molecule has 0 saturated heterocycles. The van der Waals surface area contributed by atoms with Crippen molar-refractivity contribution in [3.05, 3.63) is 0 Å². The molecular weight excluding hydrogens is 282 g/mol. The third-order valence-electron chi connectivity index (χ3n) is 4.11. The van der Waals surface area contributed by atoms with Crippen molar-refractivity contribution in [1.29, 1.82) is 0 Å². The Kier molecular flexibility index (Phi) is 28.0. The molecule has 4 N–H and O–H groups in total. The van der Waals surface area contributed by atoms with Crippen molar-refractivity contribution >= 4 is 12.4 Å². The quantitative estimate of drug-likeness (QED) is 0.325. The van der Waals surface area contributed by atoms with E-state index in [4.69, 9.17) is 0 Å². The zero-order chi connectivity index (χ0) is 14.2. The predicted molar refractivity (Wildman–Crippen MR) is 98.9 cm³/mol. The Hall–Kier alpha value is 0.210. The summed E-state index contributed by atoms with van der Waals surface area (Å²) in [5, 5.41) is 9.44. The van der Waals surface area contributed by atoms with Crippen molar-refractivity contribution in [3.63, 3.8) is 0 Å². The zero-order valence-corrected chi connectivity index (χ0v) is 15.6. The fourth-order valence-electron chi connectivity index (χ4n) is 2.60. The molecule has 21 heavy (non-hydrogen) atoms. The normalized spacial score (nSPS) is 11.6. The molecule has 0 spiro atoms. The summed E-state index contributed by atoms with van der Waals surface area (Å²) in [6.45, 7) is 4.34. The summed E-state index contributed by atoms with van der Waals surface area (Å²) in [5.41, 5.74) is 0. The molecule has 0 heterocycles. The maximum atomic E-state index is 9.44. The molecule has 3 heteroatoms. The topological polar surface area (TPSA) is 55.2 Å². The molecule has 0 aliphatic carbocycles. The van der Waals surface area contributed by atoms with E-state index in [1.54, 1.807) is 0 Å². The molecule has 0 aromatic rings. The van der Waals surface area contributed by atoms with Gasteiger partial charge in [-0.2, -0.15) is 0 Å². The SMILES string of the molecule is CCCCCCCCCCCCCCCC(O)CC.Cl.N. The second kappa shape index (κ2) is 22.5. The Morgan fingerprint density at radius 3 is 1.29 bits per heavy atom. The summed E-state index contributed by atoms with van der Waals surface area (Å²) in [6.07, 6.45) is 20.1. The molecule has 2 nitrogen and oxygen atoms in total. The smallest absolute Gasteiger partial charge is 0.0537 e. The van der Waals surface area contributed by atoms with E-state index in [1.165, 1.54) is 83.5 Å². The molecule has 0 aromatic heterocycles. The summed E-state index contributed by atoms with van der Waals surface area (Å²) in [5.74, 6) is 0. The van der Waals surface area contributed by atoms with Gasteiger partial charge in [-0.25, -0.2) is 0 Å². The molecule has 0 aliphatic rings. The highest BCUT2D eigenvalue weighted by Crippen LogP contribution is 2.13. The Morgan fingerprint density at radius 1 is 0.619 bits per heavy atom. The fourth-order valence-corrected chi connectivity index (χ4v) is 2.60. The van der Waals surface area contributed by atoms with Crippen molar-refractivity contribution < 1.29 is 5.11 Å². The lowest BCUT2D eigenvalue weighted by Gasteiger charge is -2.06. The van der Waals surface area contributed by atoms with Crippen LogP contribution in [0.3, 0.4) is 0 Å². The van der Waals surface area contributed by atoms with Gasteiger partial charge in [0.15, 0.2) is 0 Å². The van der Waals surface area contributed by atoms with Gasteiger partial charge in [-0.1, -0.05) is 97.3 Å². The minimum absolute atomic E-state index is 0. The Morgan fingerprint density at radius 2 is 0.952 bits per heavy atom. The van der Waals surface area contributed by atoms with E-state index in [0.717, 1.165) is 12.8 Å². The van der Waals surface area contributed by atoms with E-state index in [-0.39, 0.29) is 24.7 Å². The molecule has 0 aliphatic heterocycles. The molecule has 1 atom stereocenters. The van der Waals surface area contributed by atoms with Crippen molar-refractivity contribution in [2.75, 3.05) is 0 Å². The van der Waals surface area contributed by atoms with Gasteiger partial charge in [0.05, 0.1) is 6.10 Å². The Balaban J connectivity index is -0.00000162. The van der Waals surface area contributed by atoms with Crippen LogP contribution in [0.15, 0.2) is 0 Å². The minimum atomic E-state index is -0.0484. The van der Waals surface area contributed by atoms with Crippen LogP contribution in [-0.4, -0.2) is 11.2 Å². The van der Waals surface area contributed by atoms with E-state index in [1.807, 2.05) is 0 Å². The van der Waals surface area contributed by atoms with E-state index in [2.05, 4.69) is 13.8 Å². The number of rotatable bonds is 15. The first-order valence-electron chi connectivity index (χ1n) is 8.99. The Labute approximate surface area is 140 Å². The maximum Gasteiger partial charge on any atom is 0.0537 e. The van der Waals surface area contributed by atoms with Gasteiger partial charge in [0.25, 0.3) is 0 Å². The van der Waals surface area contributed by atoms with Crippen LogP contribution >= 0.6 is 12.4 Å². The summed E-state index contributed by atoms with van der Waals surface area (Å²) >= 11 is 0. The second-order valence-corrected chi connectivity index (χ2v) is 6.09. The number of hydrogen-bond donors (Lipinski definition) is 2. The molecular formula is C18H42ClNO. The number of aliphatic hydroxyl groups is 1. The van der Waals surface area contributed by atoms with E-state index in [9.17, 15) is 5.11 Å². The average Bonchev–Trinajstić information content (AvgIpc) is 2.43. The van der Waals surface area contributed by atoms with E-state index >= 15 is 0 Å². The molecule has 0 saturated carbocycles. The molecule has 0 amide bonds. The average molecular weight is 324 g/mol. The van der Waals surface area contributed by atoms with Gasteiger partial charge >= 0.3 is 0 Å². The van der Waals surface area contributed by atoms with Crippen LogP contribution in [0.5, 0.6) is 0 Å². The van der Waals surface area contributed by atoms with Crippen molar-refractivity contribution in [2.45, 2.75) is 116 Å². The fraction of sp³-hybridized carbons (Fsp3) is 1.00. The summed E-state index contributed by atoms with van der Waals surface area (Å²) in [4.78, 5) is 0. The first kappa shape index (κ1) is 26.1. The molecule has 0 bridgehead atoms. The number of unbranched alkanes of at least 4 members (excludes halogenated alkanes) is 12. The van der Waals surface area contributed by atoms with Gasteiger partial charge in [0.1, 0.15) is 0 Å². The summed E-state index contributed by atoms with van der Waals surface area (Å²) in [6, 6.07) is 0. The number of halogens is 1. The highest BCUT2D eigenvalue weighted by Gasteiger charge is 1.99. The van der Waals surface area contributed by atoms with Crippen LogP contribution in [-0.2, 0) is 0 Å². The first-order valence-corrected chi connectivity index (χ1v) is 8.99. The van der Waals surface area contributed by atoms with Crippen LogP contribution in [0.4, 0.5) is 0 Å². The predicted octanol–water partition coefficient (Wildman–Crippen LogP) is 6.82. The van der Waals surface area contributed by atoms with Crippen molar-refractivity contribution in [3.8, 4) is 0 Å². The monoisotopic (exact) mass is 323 g/mol. The highest BCUT2D eigenvalue weighted by molar-refractivity contribution is 5.85. The molecule has 0 fully saturated rings. The lowest BCUT2D eigenvalue weighted by Crippen LogP contribution is -2.03. The number of hydrogen-bond acceptors (Lipinski definition) is 2. The molecule has 132 valence electrons. The Bertz CT molecular complexity index is 167. The zero-order valence-electron chi connectivity index (χ0n) is 14.7. The summed E-state index contributed by atoms with van der Waals surface area (Å²) < 4.78 is 0. The first-order chi connectivity index (χ1) is 9.31. The van der Waals surface area contributed by atoms with Crippen LogP contribution in [0, 0.1) is 0 Å². The van der Waals surface area contributed by atoms with Crippen LogP contribution in [0.1, 0.15) is 110 Å². The lowest BCUT2D eigenvalue weighted by molar-refractivity contribution is 0.156. The third kappa shape index (κ3) is 22.6. The van der Waals surface area contributed by atoms with Crippen LogP contribution < -0.4 is 6.15 Å². The maximum absolute atomic E-state index is 9.44. The lowest BCUT2D eigenvalue weighted by atomic mass is 10.0. The third-order valence-corrected chi connectivity index (χ3v) is 4.11. The van der Waals surface area contributed by atoms with Gasteiger partial charge < -0.3 is 11.3 Å². The van der Waals surface area contributed by atoms with E-state index < -0.39 is 0 Å².